The van der Waals surface area contributed by atoms with Crippen molar-refractivity contribution in [2.24, 2.45) is 11.3 Å². The molecule has 27 heavy (non-hydrogen) atoms. The summed E-state index contributed by atoms with van der Waals surface area (Å²) in [6.45, 7) is 12.3. The van der Waals surface area contributed by atoms with E-state index in [4.69, 9.17) is 4.74 Å². The summed E-state index contributed by atoms with van der Waals surface area (Å²) in [5.41, 5.74) is 3.13. The summed E-state index contributed by atoms with van der Waals surface area (Å²) in [7, 11) is 4.17. The lowest BCUT2D eigenvalue weighted by Crippen LogP contribution is -2.44. The van der Waals surface area contributed by atoms with Crippen molar-refractivity contribution < 1.29 is 4.74 Å². The summed E-state index contributed by atoms with van der Waals surface area (Å²) in [6, 6.07) is 8.87. The van der Waals surface area contributed by atoms with E-state index < -0.39 is 0 Å². The Morgan fingerprint density at radius 1 is 1.15 bits per heavy atom. The first-order valence-corrected chi connectivity index (χ1v) is 10.9. The molecule has 1 fully saturated rings. The van der Waals surface area contributed by atoms with Crippen LogP contribution in [-0.4, -0.2) is 32.8 Å². The molecule has 1 N–H and O–H groups in total. The second kappa shape index (κ2) is 9.93. The maximum Gasteiger partial charge on any atom is 0.0657 e. The predicted octanol–water partition coefficient (Wildman–Crippen LogP) is 5.63. The number of rotatable bonds is 10. The van der Waals surface area contributed by atoms with Crippen molar-refractivity contribution in [2.45, 2.75) is 78.4 Å². The van der Waals surface area contributed by atoms with E-state index in [1.54, 1.807) is 0 Å². The van der Waals surface area contributed by atoms with Crippen molar-refractivity contribution in [3.63, 3.8) is 0 Å². The lowest BCUT2D eigenvalue weighted by Gasteiger charge is -2.47. The molecular formula is C24H42N2O. The first kappa shape index (κ1) is 22.2. The zero-order chi connectivity index (χ0) is 19.9. The van der Waals surface area contributed by atoms with Gasteiger partial charge in [0.15, 0.2) is 0 Å². The first-order chi connectivity index (χ1) is 12.8. The van der Waals surface area contributed by atoms with Gasteiger partial charge in [0.1, 0.15) is 0 Å². The smallest absolute Gasteiger partial charge is 0.0657 e. The monoisotopic (exact) mass is 374 g/mol. The van der Waals surface area contributed by atoms with E-state index in [9.17, 15) is 0 Å². The van der Waals surface area contributed by atoms with Crippen LogP contribution in [0.25, 0.3) is 0 Å². The van der Waals surface area contributed by atoms with Gasteiger partial charge >= 0.3 is 0 Å². The van der Waals surface area contributed by atoms with Crippen LogP contribution >= 0.6 is 0 Å². The van der Waals surface area contributed by atoms with Gasteiger partial charge in [-0.15, -0.1) is 0 Å². The molecule has 0 radical (unpaired) electrons. The Morgan fingerprint density at radius 3 is 2.44 bits per heavy atom. The predicted molar refractivity (Wildman–Crippen MR) is 117 cm³/mol. The molecule has 0 amide bonds. The highest BCUT2D eigenvalue weighted by molar-refractivity contribution is 5.45. The molecule has 0 saturated carbocycles. The van der Waals surface area contributed by atoms with Crippen molar-refractivity contribution in [1.82, 2.24) is 5.32 Å². The molecule has 2 rings (SSSR count). The molecule has 1 saturated heterocycles. The Kier molecular flexibility index (Phi) is 8.18. The van der Waals surface area contributed by atoms with Crippen molar-refractivity contribution in [2.75, 3.05) is 32.1 Å². The molecule has 1 aliphatic rings. The van der Waals surface area contributed by atoms with Gasteiger partial charge in [-0.3, -0.25) is 0 Å². The van der Waals surface area contributed by atoms with Gasteiger partial charge in [0, 0.05) is 32.9 Å². The fraction of sp³-hybridized carbons (Fsp3) is 0.750. The fourth-order valence-electron chi connectivity index (χ4n) is 4.32. The standard InChI is InChI=1S/C24H42N2O/c1-7-23(4)19-24(15-17-27-23,13-12-20(2)3)14-16-25-18-21-8-10-22(11-9-21)26(5)6/h8-11,20,25H,7,12-19H2,1-6H3. The molecule has 1 heterocycles. The van der Waals surface area contributed by atoms with Gasteiger partial charge in [0.25, 0.3) is 0 Å². The van der Waals surface area contributed by atoms with Gasteiger partial charge in [-0.05, 0) is 74.6 Å². The van der Waals surface area contributed by atoms with E-state index in [-0.39, 0.29) is 5.60 Å². The van der Waals surface area contributed by atoms with Crippen LogP contribution in [0.3, 0.4) is 0 Å². The summed E-state index contributed by atoms with van der Waals surface area (Å²) in [6.07, 6.45) is 7.46. The molecule has 3 nitrogen and oxygen atoms in total. The lowest BCUT2D eigenvalue weighted by molar-refractivity contribution is -0.122. The first-order valence-electron chi connectivity index (χ1n) is 10.9. The van der Waals surface area contributed by atoms with E-state index in [1.165, 1.54) is 43.4 Å². The van der Waals surface area contributed by atoms with Crippen molar-refractivity contribution in [3.8, 4) is 0 Å². The van der Waals surface area contributed by atoms with Crippen molar-refractivity contribution >= 4 is 5.69 Å². The van der Waals surface area contributed by atoms with Gasteiger partial charge in [0.2, 0.25) is 0 Å². The molecule has 0 aromatic heterocycles. The Labute approximate surface area is 167 Å². The van der Waals surface area contributed by atoms with Gasteiger partial charge in [0.05, 0.1) is 5.60 Å². The van der Waals surface area contributed by atoms with Gasteiger partial charge in [-0.2, -0.15) is 0 Å². The van der Waals surface area contributed by atoms with Crippen LogP contribution in [0.5, 0.6) is 0 Å². The zero-order valence-corrected chi connectivity index (χ0v) is 18.6. The number of anilines is 1. The van der Waals surface area contributed by atoms with Crippen LogP contribution in [0.1, 0.15) is 71.8 Å². The summed E-state index contributed by atoms with van der Waals surface area (Å²) in [4.78, 5) is 2.14. The number of nitrogens with one attached hydrogen (secondary N) is 1. The molecular weight excluding hydrogens is 332 g/mol. The molecule has 1 aromatic carbocycles. The third-order valence-electron chi connectivity index (χ3n) is 6.45. The SMILES string of the molecule is CCC1(C)CC(CCNCc2ccc(N(C)C)cc2)(CCC(C)C)CCO1. The van der Waals surface area contributed by atoms with Crippen molar-refractivity contribution in [3.05, 3.63) is 29.8 Å². The molecule has 0 bridgehead atoms. The van der Waals surface area contributed by atoms with Gasteiger partial charge in [-0.25, -0.2) is 0 Å². The van der Waals surface area contributed by atoms with E-state index in [1.807, 2.05) is 0 Å². The maximum atomic E-state index is 6.16. The molecule has 2 atom stereocenters. The third-order valence-corrected chi connectivity index (χ3v) is 6.45. The van der Waals surface area contributed by atoms with E-state index in [0.29, 0.717) is 5.41 Å². The van der Waals surface area contributed by atoms with Crippen LogP contribution < -0.4 is 10.2 Å². The minimum atomic E-state index is 0.0667. The highest BCUT2D eigenvalue weighted by Crippen LogP contribution is 2.46. The average Bonchev–Trinajstić information content (AvgIpc) is 2.64. The Bertz CT molecular complexity index is 554. The van der Waals surface area contributed by atoms with E-state index in [2.05, 4.69) is 76.3 Å². The second-order valence-corrected chi connectivity index (χ2v) is 9.50. The topological polar surface area (TPSA) is 24.5 Å². The Hall–Kier alpha value is -1.06. The molecule has 0 aliphatic carbocycles. The largest absolute Gasteiger partial charge is 0.378 e. The number of ether oxygens (including phenoxy) is 1. The van der Waals surface area contributed by atoms with Crippen LogP contribution in [0.4, 0.5) is 5.69 Å². The van der Waals surface area contributed by atoms with Crippen molar-refractivity contribution in [1.29, 1.82) is 0 Å². The Morgan fingerprint density at radius 2 is 1.85 bits per heavy atom. The van der Waals surface area contributed by atoms with E-state index >= 15 is 0 Å². The molecule has 154 valence electrons. The minimum absolute atomic E-state index is 0.0667. The normalized spacial score (nSPS) is 25.7. The molecule has 3 heteroatoms. The lowest BCUT2D eigenvalue weighted by atomic mass is 9.67. The second-order valence-electron chi connectivity index (χ2n) is 9.50. The molecule has 1 aliphatic heterocycles. The van der Waals surface area contributed by atoms with Crippen LogP contribution in [0, 0.1) is 11.3 Å². The maximum absolute atomic E-state index is 6.16. The molecule has 1 aromatic rings. The van der Waals surface area contributed by atoms with Gasteiger partial charge < -0.3 is 15.0 Å². The summed E-state index contributed by atoms with van der Waals surface area (Å²) < 4.78 is 6.16. The summed E-state index contributed by atoms with van der Waals surface area (Å²) >= 11 is 0. The van der Waals surface area contributed by atoms with Gasteiger partial charge in [-0.1, -0.05) is 39.3 Å². The summed E-state index contributed by atoms with van der Waals surface area (Å²) in [5, 5.41) is 3.70. The highest BCUT2D eigenvalue weighted by atomic mass is 16.5. The third kappa shape index (κ3) is 6.80. The highest BCUT2D eigenvalue weighted by Gasteiger charge is 2.41. The molecule has 0 spiro atoms. The zero-order valence-electron chi connectivity index (χ0n) is 18.6. The quantitative estimate of drug-likeness (QED) is 0.537. The number of hydrogen-bond acceptors (Lipinski definition) is 3. The van der Waals surface area contributed by atoms with Crippen LogP contribution in [-0.2, 0) is 11.3 Å². The number of hydrogen-bond donors (Lipinski definition) is 1. The Balaban J connectivity index is 1.89. The minimum Gasteiger partial charge on any atom is -0.378 e. The van der Waals surface area contributed by atoms with E-state index in [0.717, 1.165) is 32.0 Å². The summed E-state index contributed by atoms with van der Waals surface area (Å²) in [5.74, 6) is 0.778. The fourth-order valence-corrected chi connectivity index (χ4v) is 4.32. The average molecular weight is 375 g/mol. The van der Waals surface area contributed by atoms with Crippen LogP contribution in [0.2, 0.25) is 0 Å². The molecule has 2 unspecified atom stereocenters. The number of nitrogens with zero attached hydrogens (tertiary/aromatic N) is 1. The van der Waals surface area contributed by atoms with Crippen LogP contribution in [0.15, 0.2) is 24.3 Å². The number of benzene rings is 1.